The van der Waals surface area contributed by atoms with Crippen molar-refractivity contribution in [1.29, 1.82) is 0 Å². The molecule has 3 aromatic heterocycles. The van der Waals surface area contributed by atoms with Gasteiger partial charge in [0, 0.05) is 26.0 Å². The molecular weight excluding hydrogens is 350 g/mol. The molecule has 7 heteroatoms. The highest BCUT2D eigenvalue weighted by Crippen LogP contribution is 2.25. The number of fused-ring (bicyclic) bond motifs is 1. The zero-order chi connectivity index (χ0) is 19.0. The van der Waals surface area contributed by atoms with Crippen LogP contribution in [0.1, 0.15) is 15.9 Å². The van der Waals surface area contributed by atoms with E-state index in [0.717, 1.165) is 29.0 Å². The van der Waals surface area contributed by atoms with Crippen LogP contribution in [0, 0.1) is 11.6 Å². The lowest BCUT2D eigenvalue weighted by Crippen LogP contribution is -2.22. The molecule has 0 fully saturated rings. The second kappa shape index (κ2) is 6.68. The lowest BCUT2D eigenvalue weighted by molar-refractivity contribution is 0.0952. The van der Waals surface area contributed by atoms with Crippen molar-refractivity contribution in [3.8, 4) is 11.4 Å². The summed E-state index contributed by atoms with van der Waals surface area (Å²) in [7, 11) is 1.83. The second-order valence-electron chi connectivity index (χ2n) is 6.20. The maximum absolute atomic E-state index is 13.3. The van der Waals surface area contributed by atoms with Crippen molar-refractivity contribution in [2.75, 3.05) is 0 Å². The van der Waals surface area contributed by atoms with E-state index < -0.39 is 11.6 Å². The fourth-order valence-corrected chi connectivity index (χ4v) is 3.01. The minimum absolute atomic E-state index is 0.0964. The van der Waals surface area contributed by atoms with Crippen molar-refractivity contribution < 1.29 is 13.6 Å². The number of carbonyl (C=O) groups is 1. The maximum atomic E-state index is 13.3. The van der Waals surface area contributed by atoms with Gasteiger partial charge in [-0.3, -0.25) is 9.48 Å². The summed E-state index contributed by atoms with van der Waals surface area (Å²) in [6, 6.07) is 12.8. The van der Waals surface area contributed by atoms with Gasteiger partial charge >= 0.3 is 0 Å². The molecule has 0 radical (unpaired) electrons. The number of rotatable bonds is 4. The topological polar surface area (TPSA) is 51.3 Å². The summed E-state index contributed by atoms with van der Waals surface area (Å²) in [5.41, 5.74) is 3.25. The van der Waals surface area contributed by atoms with E-state index in [9.17, 15) is 13.6 Å². The van der Waals surface area contributed by atoms with E-state index in [1.165, 1.54) is 6.07 Å². The molecule has 1 amide bonds. The van der Waals surface area contributed by atoms with Crippen molar-refractivity contribution >= 4 is 11.4 Å². The highest BCUT2D eigenvalue weighted by atomic mass is 19.2. The van der Waals surface area contributed by atoms with Gasteiger partial charge in [0.05, 0.1) is 16.8 Å². The Morgan fingerprint density at radius 2 is 1.93 bits per heavy atom. The van der Waals surface area contributed by atoms with E-state index in [2.05, 4.69) is 10.4 Å². The minimum Gasteiger partial charge on any atom is -0.348 e. The third-order valence-corrected chi connectivity index (χ3v) is 4.33. The number of aromatic nitrogens is 3. The van der Waals surface area contributed by atoms with E-state index in [-0.39, 0.29) is 12.5 Å². The summed E-state index contributed by atoms with van der Waals surface area (Å²) >= 11 is 0. The van der Waals surface area contributed by atoms with Crippen molar-refractivity contribution in [2.45, 2.75) is 6.54 Å². The molecule has 4 aromatic rings. The van der Waals surface area contributed by atoms with Crippen LogP contribution in [-0.2, 0) is 13.6 Å². The van der Waals surface area contributed by atoms with E-state index in [0.29, 0.717) is 11.1 Å². The number of pyridine rings is 1. The highest BCUT2D eigenvalue weighted by molar-refractivity contribution is 6.02. The molecule has 0 aliphatic heterocycles. The van der Waals surface area contributed by atoms with Crippen molar-refractivity contribution in [1.82, 2.24) is 19.5 Å². The van der Waals surface area contributed by atoms with Gasteiger partial charge in [-0.25, -0.2) is 8.78 Å². The van der Waals surface area contributed by atoms with Gasteiger partial charge in [-0.05, 0) is 42.0 Å². The van der Waals surface area contributed by atoms with Crippen molar-refractivity contribution in [2.24, 2.45) is 7.05 Å². The van der Waals surface area contributed by atoms with Crippen LogP contribution >= 0.6 is 0 Å². The lowest BCUT2D eigenvalue weighted by Gasteiger charge is -2.05. The van der Waals surface area contributed by atoms with Gasteiger partial charge in [-0.15, -0.1) is 0 Å². The predicted octanol–water partition coefficient (Wildman–Crippen LogP) is 3.55. The van der Waals surface area contributed by atoms with E-state index >= 15 is 0 Å². The number of halogens is 2. The lowest BCUT2D eigenvalue weighted by atomic mass is 10.2. The molecule has 0 aliphatic carbocycles. The van der Waals surface area contributed by atoms with Crippen LogP contribution in [0.4, 0.5) is 8.78 Å². The molecule has 27 heavy (non-hydrogen) atoms. The molecule has 0 bridgehead atoms. The number of nitrogens with one attached hydrogen (secondary N) is 1. The summed E-state index contributed by atoms with van der Waals surface area (Å²) in [4.78, 5) is 12.7. The van der Waals surface area contributed by atoms with Crippen molar-refractivity contribution in [3.05, 3.63) is 83.7 Å². The minimum atomic E-state index is -0.937. The first-order valence-electron chi connectivity index (χ1n) is 8.35. The predicted molar refractivity (Wildman–Crippen MR) is 97.1 cm³/mol. The molecule has 0 saturated heterocycles. The summed E-state index contributed by atoms with van der Waals surface area (Å²) in [5, 5.41) is 7.16. The van der Waals surface area contributed by atoms with Crippen LogP contribution in [0.5, 0.6) is 0 Å². The van der Waals surface area contributed by atoms with Gasteiger partial charge in [0.25, 0.3) is 5.91 Å². The molecule has 0 atom stereocenters. The molecule has 0 spiro atoms. The van der Waals surface area contributed by atoms with Gasteiger partial charge in [0.1, 0.15) is 5.69 Å². The smallest absolute Gasteiger partial charge is 0.253 e. The van der Waals surface area contributed by atoms with Crippen LogP contribution in [0.15, 0.2) is 60.9 Å². The van der Waals surface area contributed by atoms with Gasteiger partial charge < -0.3 is 9.72 Å². The Kier molecular flexibility index (Phi) is 4.19. The summed E-state index contributed by atoms with van der Waals surface area (Å²) in [6.07, 6.45) is 3.70. The number of hydrogen-bond donors (Lipinski definition) is 1. The first-order valence-corrected chi connectivity index (χ1v) is 8.35. The summed E-state index contributed by atoms with van der Waals surface area (Å²) < 4.78 is 30.0. The third kappa shape index (κ3) is 3.19. The molecule has 1 N–H and O–H groups in total. The highest BCUT2D eigenvalue weighted by Gasteiger charge is 2.17. The Bertz CT molecular complexity index is 1150. The van der Waals surface area contributed by atoms with Crippen LogP contribution in [-0.4, -0.2) is 20.1 Å². The molecule has 0 unspecified atom stereocenters. The Labute approximate surface area is 153 Å². The molecule has 5 nitrogen and oxygen atoms in total. The van der Waals surface area contributed by atoms with E-state index in [1.807, 2.05) is 48.1 Å². The zero-order valence-electron chi connectivity index (χ0n) is 14.5. The Hall–Kier alpha value is -3.48. The first kappa shape index (κ1) is 17.0. The van der Waals surface area contributed by atoms with Crippen molar-refractivity contribution in [3.63, 3.8) is 0 Å². The monoisotopic (exact) mass is 366 g/mol. The van der Waals surface area contributed by atoms with E-state index in [1.54, 1.807) is 10.7 Å². The van der Waals surface area contributed by atoms with Gasteiger partial charge in [0.15, 0.2) is 11.6 Å². The molecule has 4 rings (SSSR count). The Morgan fingerprint density at radius 1 is 1.07 bits per heavy atom. The van der Waals surface area contributed by atoms with Crippen LogP contribution < -0.4 is 5.32 Å². The summed E-state index contributed by atoms with van der Waals surface area (Å²) in [5.74, 6) is -2.15. The van der Waals surface area contributed by atoms with Crippen LogP contribution in [0.2, 0.25) is 0 Å². The van der Waals surface area contributed by atoms with Gasteiger partial charge in [-0.1, -0.05) is 12.1 Å². The Balaban J connectivity index is 1.64. The second-order valence-corrected chi connectivity index (χ2v) is 6.20. The first-order chi connectivity index (χ1) is 13.0. The average Bonchev–Trinajstić information content (AvgIpc) is 3.26. The Morgan fingerprint density at radius 3 is 2.67 bits per heavy atom. The fourth-order valence-electron chi connectivity index (χ4n) is 3.01. The summed E-state index contributed by atoms with van der Waals surface area (Å²) in [6.45, 7) is 0.0964. The normalized spacial score (nSPS) is 11.1. The quantitative estimate of drug-likeness (QED) is 0.601. The third-order valence-electron chi connectivity index (χ3n) is 4.33. The average molecular weight is 366 g/mol. The molecule has 0 aliphatic rings. The maximum Gasteiger partial charge on any atom is 0.253 e. The standard InChI is InChI=1S/C20H16F2N4O/c1-25-9-7-17(24-25)19-11-14(18-4-2-3-8-26(18)19)20(27)23-12-13-5-6-15(21)16(22)10-13/h2-11H,12H2,1H3,(H,23,27). The fraction of sp³-hybridized carbons (Fsp3) is 0.100. The number of aryl methyl sites for hydroxylation is 1. The molecule has 1 aromatic carbocycles. The number of nitrogens with zero attached hydrogens (tertiary/aromatic N) is 3. The van der Waals surface area contributed by atoms with Crippen LogP contribution in [0.3, 0.4) is 0 Å². The van der Waals surface area contributed by atoms with Crippen LogP contribution in [0.25, 0.3) is 16.9 Å². The zero-order valence-corrected chi connectivity index (χ0v) is 14.5. The van der Waals surface area contributed by atoms with Gasteiger partial charge in [-0.2, -0.15) is 5.10 Å². The largest absolute Gasteiger partial charge is 0.348 e. The SMILES string of the molecule is Cn1ccc(-c2cc(C(=O)NCc3ccc(F)c(F)c3)c3ccccn23)n1. The van der Waals surface area contributed by atoms with E-state index in [4.69, 9.17) is 0 Å². The number of hydrogen-bond acceptors (Lipinski definition) is 2. The van der Waals surface area contributed by atoms with Gasteiger partial charge in [0.2, 0.25) is 0 Å². The molecular formula is C20H16F2N4O. The number of carbonyl (C=O) groups excluding carboxylic acids is 1. The molecule has 0 saturated carbocycles. The molecule has 136 valence electrons. The number of amides is 1. The number of benzene rings is 1. The molecule has 3 heterocycles.